The van der Waals surface area contributed by atoms with Crippen LogP contribution >= 0.6 is 0 Å². The molecule has 0 aliphatic heterocycles. The third-order valence-electron chi connectivity index (χ3n) is 2.89. The molecule has 4 nitrogen and oxygen atoms in total. The van der Waals surface area contributed by atoms with Crippen LogP contribution in [0, 0.1) is 12.8 Å². The summed E-state index contributed by atoms with van der Waals surface area (Å²) >= 11 is 0. The molecule has 3 N–H and O–H groups in total. The molecule has 1 aliphatic carbocycles. The van der Waals surface area contributed by atoms with Crippen LogP contribution in [0.1, 0.15) is 29.0 Å². The molecule has 1 saturated carbocycles. The van der Waals surface area contributed by atoms with Crippen molar-refractivity contribution < 1.29 is 9.21 Å². The molecule has 1 aromatic heterocycles. The van der Waals surface area contributed by atoms with Gasteiger partial charge in [-0.3, -0.25) is 4.79 Å². The largest absolute Gasteiger partial charge is 0.459 e. The van der Waals surface area contributed by atoms with Gasteiger partial charge in [-0.2, -0.15) is 0 Å². The fourth-order valence-electron chi connectivity index (χ4n) is 1.88. The highest BCUT2D eigenvalue weighted by molar-refractivity contribution is 5.92. The van der Waals surface area contributed by atoms with E-state index in [1.165, 1.54) is 6.26 Å². The van der Waals surface area contributed by atoms with Crippen LogP contribution < -0.4 is 11.1 Å². The Morgan fingerprint density at radius 1 is 1.67 bits per heavy atom. The van der Waals surface area contributed by atoms with Gasteiger partial charge in [0.25, 0.3) is 5.91 Å². The standard InChI is InChI=1S/C11H16N2O2/c1-7-2-3-15-10(7)11(14)13-6-8-4-9(12)5-8/h2-3,8-9H,4-6,12H2,1H3,(H,13,14). The van der Waals surface area contributed by atoms with E-state index in [4.69, 9.17) is 10.2 Å². The summed E-state index contributed by atoms with van der Waals surface area (Å²) in [5, 5.41) is 2.86. The van der Waals surface area contributed by atoms with E-state index in [1.807, 2.05) is 6.92 Å². The fraction of sp³-hybridized carbons (Fsp3) is 0.545. The van der Waals surface area contributed by atoms with Crippen LogP contribution in [0.15, 0.2) is 16.7 Å². The van der Waals surface area contributed by atoms with Crippen molar-refractivity contribution in [2.45, 2.75) is 25.8 Å². The SMILES string of the molecule is Cc1ccoc1C(=O)NCC1CC(N)C1. The minimum Gasteiger partial charge on any atom is -0.459 e. The summed E-state index contributed by atoms with van der Waals surface area (Å²) in [6.45, 7) is 2.56. The first-order valence-electron chi connectivity index (χ1n) is 5.24. The van der Waals surface area contributed by atoms with Crippen molar-refractivity contribution in [1.29, 1.82) is 0 Å². The predicted octanol–water partition coefficient (Wildman–Crippen LogP) is 1.06. The van der Waals surface area contributed by atoms with Gasteiger partial charge in [0.1, 0.15) is 0 Å². The minimum atomic E-state index is -0.127. The Hall–Kier alpha value is -1.29. The molecule has 0 bridgehead atoms. The van der Waals surface area contributed by atoms with Gasteiger partial charge < -0.3 is 15.5 Å². The Morgan fingerprint density at radius 2 is 2.40 bits per heavy atom. The number of hydrogen-bond donors (Lipinski definition) is 2. The molecule has 4 heteroatoms. The zero-order chi connectivity index (χ0) is 10.8. The molecule has 1 amide bonds. The number of furan rings is 1. The fourth-order valence-corrected chi connectivity index (χ4v) is 1.88. The summed E-state index contributed by atoms with van der Waals surface area (Å²) in [6.07, 6.45) is 3.55. The van der Waals surface area contributed by atoms with E-state index in [0.717, 1.165) is 18.4 Å². The van der Waals surface area contributed by atoms with Crippen LogP contribution in [0.5, 0.6) is 0 Å². The van der Waals surface area contributed by atoms with Crippen molar-refractivity contribution in [3.8, 4) is 0 Å². The normalized spacial score (nSPS) is 24.7. The first kappa shape index (κ1) is 10.2. The number of aryl methyl sites for hydroxylation is 1. The van der Waals surface area contributed by atoms with Crippen LogP contribution in [0.3, 0.4) is 0 Å². The molecule has 82 valence electrons. The maximum atomic E-state index is 11.6. The van der Waals surface area contributed by atoms with Crippen molar-refractivity contribution in [2.75, 3.05) is 6.54 Å². The molecule has 0 spiro atoms. The first-order valence-corrected chi connectivity index (χ1v) is 5.24. The van der Waals surface area contributed by atoms with Crippen molar-refractivity contribution in [3.05, 3.63) is 23.7 Å². The van der Waals surface area contributed by atoms with Crippen molar-refractivity contribution in [1.82, 2.24) is 5.32 Å². The van der Waals surface area contributed by atoms with Gasteiger partial charge in [0.05, 0.1) is 6.26 Å². The molecule has 2 rings (SSSR count). The number of carbonyl (C=O) groups is 1. The topological polar surface area (TPSA) is 68.3 Å². The van der Waals surface area contributed by atoms with E-state index in [0.29, 0.717) is 24.3 Å². The molecular weight excluding hydrogens is 192 g/mol. The van der Waals surface area contributed by atoms with Crippen LogP contribution in [-0.2, 0) is 0 Å². The number of amides is 1. The van der Waals surface area contributed by atoms with E-state index >= 15 is 0 Å². The molecule has 15 heavy (non-hydrogen) atoms. The van der Waals surface area contributed by atoms with Crippen molar-refractivity contribution in [2.24, 2.45) is 11.7 Å². The Labute approximate surface area is 88.8 Å². The molecule has 1 fully saturated rings. The molecule has 1 heterocycles. The average molecular weight is 208 g/mol. The van der Waals surface area contributed by atoms with Gasteiger partial charge in [-0.15, -0.1) is 0 Å². The quantitative estimate of drug-likeness (QED) is 0.780. The van der Waals surface area contributed by atoms with Gasteiger partial charge in [-0.25, -0.2) is 0 Å². The molecule has 0 atom stereocenters. The van der Waals surface area contributed by atoms with Gasteiger partial charge in [0.2, 0.25) is 0 Å². The predicted molar refractivity (Wildman–Crippen MR) is 56.5 cm³/mol. The lowest BCUT2D eigenvalue weighted by Gasteiger charge is -2.32. The number of rotatable bonds is 3. The Balaban J connectivity index is 1.80. The molecule has 1 aliphatic rings. The Kier molecular flexibility index (Phi) is 2.77. The second-order valence-corrected chi connectivity index (χ2v) is 4.24. The average Bonchev–Trinajstić information content (AvgIpc) is 2.57. The summed E-state index contributed by atoms with van der Waals surface area (Å²) in [5.41, 5.74) is 6.54. The van der Waals surface area contributed by atoms with Gasteiger partial charge >= 0.3 is 0 Å². The van der Waals surface area contributed by atoms with E-state index in [1.54, 1.807) is 6.07 Å². The monoisotopic (exact) mass is 208 g/mol. The maximum absolute atomic E-state index is 11.6. The highest BCUT2D eigenvalue weighted by atomic mass is 16.3. The first-order chi connectivity index (χ1) is 7.16. The molecular formula is C11H16N2O2. The van der Waals surface area contributed by atoms with E-state index in [9.17, 15) is 4.79 Å². The van der Waals surface area contributed by atoms with Crippen LogP contribution in [0.2, 0.25) is 0 Å². The molecule has 1 aromatic rings. The summed E-state index contributed by atoms with van der Waals surface area (Å²) in [7, 11) is 0. The number of hydrogen-bond acceptors (Lipinski definition) is 3. The van der Waals surface area contributed by atoms with E-state index < -0.39 is 0 Å². The summed E-state index contributed by atoms with van der Waals surface area (Å²) in [5.74, 6) is 0.829. The summed E-state index contributed by atoms with van der Waals surface area (Å²) in [4.78, 5) is 11.6. The summed E-state index contributed by atoms with van der Waals surface area (Å²) < 4.78 is 5.09. The zero-order valence-corrected chi connectivity index (χ0v) is 8.82. The third kappa shape index (κ3) is 2.21. The van der Waals surface area contributed by atoms with Crippen molar-refractivity contribution in [3.63, 3.8) is 0 Å². The highest BCUT2D eigenvalue weighted by Gasteiger charge is 2.26. The molecule has 0 radical (unpaired) electrons. The smallest absolute Gasteiger partial charge is 0.287 e. The summed E-state index contributed by atoms with van der Waals surface area (Å²) in [6, 6.07) is 2.12. The van der Waals surface area contributed by atoms with Crippen LogP contribution in [-0.4, -0.2) is 18.5 Å². The van der Waals surface area contributed by atoms with Crippen LogP contribution in [0.4, 0.5) is 0 Å². The number of nitrogens with two attached hydrogens (primary N) is 1. The number of nitrogens with one attached hydrogen (secondary N) is 1. The van der Waals surface area contributed by atoms with Crippen molar-refractivity contribution >= 4 is 5.91 Å². The minimum absolute atomic E-state index is 0.127. The van der Waals surface area contributed by atoms with Gasteiger partial charge in [0, 0.05) is 18.2 Å². The second kappa shape index (κ2) is 4.06. The second-order valence-electron chi connectivity index (χ2n) is 4.24. The lowest BCUT2D eigenvalue weighted by atomic mass is 9.81. The lowest BCUT2D eigenvalue weighted by Crippen LogP contribution is -2.42. The van der Waals surface area contributed by atoms with Gasteiger partial charge in [-0.05, 0) is 31.7 Å². The zero-order valence-electron chi connectivity index (χ0n) is 8.82. The third-order valence-corrected chi connectivity index (χ3v) is 2.89. The Morgan fingerprint density at radius 3 is 2.93 bits per heavy atom. The molecule has 0 saturated heterocycles. The number of carbonyl (C=O) groups excluding carboxylic acids is 1. The van der Waals surface area contributed by atoms with Gasteiger partial charge in [0.15, 0.2) is 5.76 Å². The van der Waals surface area contributed by atoms with Crippen LogP contribution in [0.25, 0.3) is 0 Å². The van der Waals surface area contributed by atoms with Gasteiger partial charge in [-0.1, -0.05) is 0 Å². The highest BCUT2D eigenvalue weighted by Crippen LogP contribution is 2.24. The molecule has 0 aromatic carbocycles. The van der Waals surface area contributed by atoms with E-state index in [-0.39, 0.29) is 5.91 Å². The lowest BCUT2D eigenvalue weighted by molar-refractivity contribution is 0.0907. The molecule has 0 unspecified atom stereocenters. The maximum Gasteiger partial charge on any atom is 0.287 e. The van der Waals surface area contributed by atoms with E-state index in [2.05, 4.69) is 5.32 Å². The Bertz CT molecular complexity index is 353.